The number of pyridine rings is 1. The van der Waals surface area contributed by atoms with E-state index in [0.29, 0.717) is 17.8 Å². The Morgan fingerprint density at radius 1 is 1.26 bits per heavy atom. The molecule has 1 amide bonds. The molecule has 8 heteroatoms. The lowest BCUT2D eigenvalue weighted by Gasteiger charge is -2.25. The number of likely N-dealkylation sites (N-methyl/N-ethyl adjacent to an activating group) is 1. The van der Waals surface area contributed by atoms with Gasteiger partial charge in [-0.2, -0.15) is 4.80 Å². The van der Waals surface area contributed by atoms with Crippen molar-refractivity contribution in [2.24, 2.45) is 0 Å². The fourth-order valence-corrected chi connectivity index (χ4v) is 2.65. The summed E-state index contributed by atoms with van der Waals surface area (Å²) >= 11 is 0. The summed E-state index contributed by atoms with van der Waals surface area (Å²) in [5, 5.41) is 12.1. The molecule has 27 heavy (non-hydrogen) atoms. The number of carbonyl (C=O) groups excluding carboxylic acids is 1. The maximum atomic E-state index is 13.0. The summed E-state index contributed by atoms with van der Waals surface area (Å²) in [6, 6.07) is 9.68. The average Bonchev–Trinajstić information content (AvgIpc) is 3.12. The monoisotopic (exact) mass is 368 g/mol. The van der Waals surface area contributed by atoms with Gasteiger partial charge in [-0.05, 0) is 55.0 Å². The fraction of sp³-hybridized carbons (Fsp3) is 0.316. The standard InChI is InChI=1S/C19H21FN6O/c1-13-5-4-10-21-17(13)11-14(2)25(3)18(27)12-26-23-19(22-24-26)15-6-8-16(20)9-7-15/h4-10,14H,11-12H2,1-3H3/t14-/m0/s1. The molecule has 3 rings (SSSR count). The van der Waals surface area contributed by atoms with Crippen LogP contribution in [0, 0.1) is 12.7 Å². The quantitative estimate of drug-likeness (QED) is 0.667. The molecule has 0 aliphatic heterocycles. The largest absolute Gasteiger partial charge is 0.341 e. The van der Waals surface area contributed by atoms with Crippen molar-refractivity contribution in [2.75, 3.05) is 7.05 Å². The predicted molar refractivity (Wildman–Crippen MR) is 98.1 cm³/mol. The molecule has 3 aromatic rings. The molecule has 0 aliphatic rings. The van der Waals surface area contributed by atoms with Gasteiger partial charge in [0.25, 0.3) is 0 Å². The van der Waals surface area contributed by atoms with Crippen LogP contribution in [0.15, 0.2) is 42.6 Å². The van der Waals surface area contributed by atoms with E-state index in [1.54, 1.807) is 30.3 Å². The topological polar surface area (TPSA) is 76.8 Å². The van der Waals surface area contributed by atoms with Gasteiger partial charge in [-0.1, -0.05) is 6.07 Å². The SMILES string of the molecule is Cc1cccnc1C[C@H](C)N(C)C(=O)Cn1nnc(-c2ccc(F)cc2)n1. The molecular formula is C19H21FN6O. The molecule has 0 spiro atoms. The van der Waals surface area contributed by atoms with E-state index < -0.39 is 0 Å². The van der Waals surface area contributed by atoms with Gasteiger partial charge >= 0.3 is 0 Å². The number of halogens is 1. The van der Waals surface area contributed by atoms with E-state index in [1.165, 1.54) is 16.9 Å². The highest BCUT2D eigenvalue weighted by molar-refractivity contribution is 5.75. The van der Waals surface area contributed by atoms with Crippen LogP contribution in [-0.4, -0.2) is 49.1 Å². The van der Waals surface area contributed by atoms with Crippen LogP contribution in [0.3, 0.4) is 0 Å². The van der Waals surface area contributed by atoms with E-state index in [-0.39, 0.29) is 24.3 Å². The van der Waals surface area contributed by atoms with Crippen molar-refractivity contribution in [1.29, 1.82) is 0 Å². The van der Waals surface area contributed by atoms with Crippen LogP contribution in [0.5, 0.6) is 0 Å². The summed E-state index contributed by atoms with van der Waals surface area (Å²) in [5.74, 6) is -0.109. The van der Waals surface area contributed by atoms with Gasteiger partial charge in [-0.3, -0.25) is 9.78 Å². The van der Waals surface area contributed by atoms with Gasteiger partial charge in [0.15, 0.2) is 0 Å². The second-order valence-corrected chi connectivity index (χ2v) is 6.48. The molecule has 0 saturated carbocycles. The Bertz CT molecular complexity index is 924. The van der Waals surface area contributed by atoms with E-state index >= 15 is 0 Å². The van der Waals surface area contributed by atoms with Crippen LogP contribution in [0.2, 0.25) is 0 Å². The van der Waals surface area contributed by atoms with Crippen molar-refractivity contribution in [3.63, 3.8) is 0 Å². The van der Waals surface area contributed by atoms with E-state index in [2.05, 4.69) is 20.4 Å². The molecular weight excluding hydrogens is 347 g/mol. The van der Waals surface area contributed by atoms with Crippen LogP contribution < -0.4 is 0 Å². The first-order valence-corrected chi connectivity index (χ1v) is 8.64. The number of hydrogen-bond acceptors (Lipinski definition) is 5. The number of rotatable bonds is 6. The van der Waals surface area contributed by atoms with Crippen molar-refractivity contribution >= 4 is 5.91 Å². The smallest absolute Gasteiger partial charge is 0.246 e. The lowest BCUT2D eigenvalue weighted by atomic mass is 10.1. The van der Waals surface area contributed by atoms with Gasteiger partial charge in [-0.25, -0.2) is 4.39 Å². The predicted octanol–water partition coefficient (Wildman–Crippen LogP) is 2.27. The highest BCUT2D eigenvalue weighted by Crippen LogP contribution is 2.14. The van der Waals surface area contributed by atoms with Gasteiger partial charge in [0.05, 0.1) is 0 Å². The molecule has 0 fully saturated rings. The van der Waals surface area contributed by atoms with Crippen molar-refractivity contribution in [3.05, 3.63) is 59.7 Å². The number of aromatic nitrogens is 5. The van der Waals surface area contributed by atoms with Crippen LogP contribution in [0.4, 0.5) is 4.39 Å². The van der Waals surface area contributed by atoms with Gasteiger partial charge in [-0.15, -0.1) is 10.2 Å². The lowest BCUT2D eigenvalue weighted by molar-refractivity contribution is -0.132. The van der Waals surface area contributed by atoms with Crippen molar-refractivity contribution < 1.29 is 9.18 Å². The molecule has 0 saturated heterocycles. The lowest BCUT2D eigenvalue weighted by Crippen LogP contribution is -2.39. The molecule has 0 aliphatic carbocycles. The second kappa shape index (κ2) is 8.03. The summed E-state index contributed by atoms with van der Waals surface area (Å²) < 4.78 is 13.0. The van der Waals surface area contributed by atoms with Crippen LogP contribution in [-0.2, 0) is 17.8 Å². The summed E-state index contributed by atoms with van der Waals surface area (Å²) in [6.07, 6.45) is 2.42. The molecule has 0 radical (unpaired) electrons. The number of nitrogens with zero attached hydrogens (tertiary/aromatic N) is 6. The van der Waals surface area contributed by atoms with E-state index in [4.69, 9.17) is 0 Å². The zero-order chi connectivity index (χ0) is 19.4. The third kappa shape index (κ3) is 4.52. The Hall–Kier alpha value is -3.16. The summed E-state index contributed by atoms with van der Waals surface area (Å²) in [6.45, 7) is 3.97. The molecule has 7 nitrogen and oxygen atoms in total. The number of carbonyl (C=O) groups is 1. The maximum Gasteiger partial charge on any atom is 0.246 e. The highest BCUT2D eigenvalue weighted by Gasteiger charge is 2.19. The Balaban J connectivity index is 1.63. The highest BCUT2D eigenvalue weighted by atomic mass is 19.1. The van der Waals surface area contributed by atoms with Gasteiger partial charge in [0.2, 0.25) is 11.7 Å². The average molecular weight is 368 g/mol. The zero-order valence-electron chi connectivity index (χ0n) is 15.5. The minimum Gasteiger partial charge on any atom is -0.341 e. The van der Waals surface area contributed by atoms with Crippen molar-refractivity contribution in [2.45, 2.75) is 32.9 Å². The minimum atomic E-state index is -0.333. The summed E-state index contributed by atoms with van der Waals surface area (Å²) in [7, 11) is 1.75. The molecule has 2 heterocycles. The fourth-order valence-electron chi connectivity index (χ4n) is 2.65. The van der Waals surface area contributed by atoms with Gasteiger partial charge in [0, 0.05) is 37.0 Å². The molecule has 2 aromatic heterocycles. The zero-order valence-corrected chi connectivity index (χ0v) is 15.5. The summed E-state index contributed by atoms with van der Waals surface area (Å²) in [4.78, 5) is 19.8. The first-order valence-electron chi connectivity index (χ1n) is 8.64. The molecule has 0 bridgehead atoms. The number of tetrazole rings is 1. The molecule has 140 valence electrons. The molecule has 1 aromatic carbocycles. The normalized spacial score (nSPS) is 12.0. The molecule has 1 atom stereocenters. The number of hydrogen-bond donors (Lipinski definition) is 0. The molecule has 0 N–H and O–H groups in total. The Labute approximate surface area is 156 Å². The van der Waals surface area contributed by atoms with E-state index in [9.17, 15) is 9.18 Å². The first kappa shape index (κ1) is 18.6. The van der Waals surface area contributed by atoms with Gasteiger partial charge in [0.1, 0.15) is 12.4 Å². The minimum absolute atomic E-state index is 0.0176. The third-order valence-corrected chi connectivity index (χ3v) is 4.49. The summed E-state index contributed by atoms with van der Waals surface area (Å²) in [5.41, 5.74) is 2.72. The van der Waals surface area contributed by atoms with Crippen LogP contribution >= 0.6 is 0 Å². The van der Waals surface area contributed by atoms with Crippen LogP contribution in [0.1, 0.15) is 18.2 Å². The Kier molecular flexibility index (Phi) is 5.54. The second-order valence-electron chi connectivity index (χ2n) is 6.48. The number of aryl methyl sites for hydroxylation is 1. The number of benzene rings is 1. The first-order chi connectivity index (χ1) is 12.9. The Morgan fingerprint density at radius 3 is 2.70 bits per heavy atom. The number of amides is 1. The van der Waals surface area contributed by atoms with Gasteiger partial charge < -0.3 is 4.90 Å². The van der Waals surface area contributed by atoms with Crippen LogP contribution in [0.25, 0.3) is 11.4 Å². The van der Waals surface area contributed by atoms with E-state index in [1.807, 2.05) is 26.0 Å². The molecule has 0 unspecified atom stereocenters. The Morgan fingerprint density at radius 2 is 2.00 bits per heavy atom. The van der Waals surface area contributed by atoms with Crippen molar-refractivity contribution in [3.8, 4) is 11.4 Å². The maximum absolute atomic E-state index is 13.0. The van der Waals surface area contributed by atoms with E-state index in [0.717, 1.165) is 11.3 Å². The van der Waals surface area contributed by atoms with Crippen molar-refractivity contribution in [1.82, 2.24) is 30.1 Å². The third-order valence-electron chi connectivity index (χ3n) is 4.49.